The highest BCUT2D eigenvalue weighted by molar-refractivity contribution is 7.22. The molecule has 1 heteroatoms. The first-order valence-electron chi connectivity index (χ1n) is 4.65. The van der Waals surface area contributed by atoms with Crippen molar-refractivity contribution >= 4 is 14.2 Å². The number of allylic oxidation sites excluding steroid dienone is 6. The molecule has 0 spiro atoms. The van der Waals surface area contributed by atoms with Gasteiger partial charge in [-0.3, -0.25) is 0 Å². The molecule has 0 aromatic carbocycles. The quantitative estimate of drug-likeness (QED) is 0.465. The minimum atomic E-state index is 1.09. The van der Waals surface area contributed by atoms with Gasteiger partial charge in [0, 0.05) is 0 Å². The van der Waals surface area contributed by atoms with E-state index in [2.05, 4.69) is 60.9 Å². The molecule has 0 radical (unpaired) electrons. The van der Waals surface area contributed by atoms with E-state index < -0.39 is 0 Å². The third-order valence-electron chi connectivity index (χ3n) is 1.77. The zero-order chi connectivity index (χ0) is 10.3. The van der Waals surface area contributed by atoms with Gasteiger partial charge in [0.1, 0.15) is 0 Å². The second kappa shape index (κ2) is 6.86. The summed E-state index contributed by atoms with van der Waals surface area (Å²) in [5, 5.41) is 1.19. The van der Waals surface area contributed by atoms with Crippen LogP contribution in [0.1, 0.15) is 34.1 Å². The van der Waals surface area contributed by atoms with Gasteiger partial charge >= 0.3 is 0 Å². The smallest absolute Gasteiger partial charge is 0.0281 e. The van der Waals surface area contributed by atoms with Crippen molar-refractivity contribution in [2.24, 2.45) is 0 Å². The Hall–Kier alpha value is -0.610. The average molecular weight is 194 g/mol. The fraction of sp³-hybridized carbons (Fsp3) is 0.417. The predicted octanol–water partition coefficient (Wildman–Crippen LogP) is 4.18. The van der Waals surface area contributed by atoms with Gasteiger partial charge in [0.2, 0.25) is 0 Å². The third kappa shape index (κ3) is 6.54. The lowest BCUT2D eigenvalue weighted by Crippen LogP contribution is -1.87. The van der Waals surface area contributed by atoms with E-state index in [4.69, 9.17) is 0 Å². The van der Waals surface area contributed by atoms with Crippen LogP contribution >= 0.6 is 8.86 Å². The molecule has 0 aliphatic heterocycles. The van der Waals surface area contributed by atoms with E-state index in [1.54, 1.807) is 0 Å². The summed E-state index contributed by atoms with van der Waals surface area (Å²) in [5.74, 6) is 0. The molecule has 0 aliphatic rings. The van der Waals surface area contributed by atoms with Gasteiger partial charge < -0.3 is 0 Å². The SMILES string of the molecule is CC/C=C/C=C(C)\C=C(/C)C(C)=P. The van der Waals surface area contributed by atoms with E-state index in [-0.39, 0.29) is 0 Å². The summed E-state index contributed by atoms with van der Waals surface area (Å²) in [7, 11) is 3.50. The molecular formula is C12H19P. The van der Waals surface area contributed by atoms with E-state index in [1.807, 2.05) is 0 Å². The minimum absolute atomic E-state index is 1.09. The van der Waals surface area contributed by atoms with Gasteiger partial charge in [-0.2, -0.15) is 0 Å². The first-order valence-corrected chi connectivity index (χ1v) is 5.15. The topological polar surface area (TPSA) is 0 Å². The standard InChI is InChI=1S/C12H19P/c1-5-6-7-8-10(2)9-11(3)12(4)13/h6-9,13H,5H2,1-4H3/b7-6+,10-8-,11-9+. The zero-order valence-electron chi connectivity index (χ0n) is 9.02. The van der Waals surface area contributed by atoms with Crippen LogP contribution in [0.25, 0.3) is 0 Å². The van der Waals surface area contributed by atoms with Crippen molar-refractivity contribution in [3.05, 3.63) is 35.5 Å². The second-order valence-electron chi connectivity index (χ2n) is 3.20. The Bertz CT molecular complexity index is 254. The monoisotopic (exact) mass is 194 g/mol. The van der Waals surface area contributed by atoms with Gasteiger partial charge in [0.15, 0.2) is 0 Å². The number of hydrogen-bond donors (Lipinski definition) is 0. The molecule has 0 amide bonds. The summed E-state index contributed by atoms with van der Waals surface area (Å²) >= 11 is 0. The van der Waals surface area contributed by atoms with Crippen molar-refractivity contribution in [3.8, 4) is 0 Å². The lowest BCUT2D eigenvalue weighted by Gasteiger charge is -1.97. The highest BCUT2D eigenvalue weighted by Gasteiger charge is 1.89. The van der Waals surface area contributed by atoms with Crippen molar-refractivity contribution in [3.63, 3.8) is 0 Å². The molecule has 0 saturated heterocycles. The first kappa shape index (κ1) is 12.4. The van der Waals surface area contributed by atoms with Gasteiger partial charge in [-0.05, 0) is 38.1 Å². The average Bonchev–Trinajstić information content (AvgIpc) is 2.04. The van der Waals surface area contributed by atoms with E-state index in [0.717, 1.165) is 6.42 Å². The maximum absolute atomic E-state index is 3.50. The van der Waals surface area contributed by atoms with Crippen LogP contribution in [0.5, 0.6) is 0 Å². The highest BCUT2D eigenvalue weighted by Crippen LogP contribution is 2.04. The van der Waals surface area contributed by atoms with Crippen LogP contribution in [0.15, 0.2) is 35.5 Å². The Morgan fingerprint density at radius 3 is 2.31 bits per heavy atom. The van der Waals surface area contributed by atoms with Crippen LogP contribution in [0, 0.1) is 0 Å². The summed E-state index contributed by atoms with van der Waals surface area (Å²) in [4.78, 5) is 0. The van der Waals surface area contributed by atoms with Crippen molar-refractivity contribution in [1.82, 2.24) is 0 Å². The molecule has 0 bridgehead atoms. The minimum Gasteiger partial charge on any atom is -0.119 e. The maximum Gasteiger partial charge on any atom is -0.0281 e. The van der Waals surface area contributed by atoms with Crippen LogP contribution in [-0.2, 0) is 0 Å². The first-order chi connectivity index (χ1) is 6.07. The van der Waals surface area contributed by atoms with Gasteiger partial charge in [-0.1, -0.05) is 36.8 Å². The molecule has 0 unspecified atom stereocenters. The Morgan fingerprint density at radius 2 is 1.85 bits per heavy atom. The predicted molar refractivity (Wildman–Crippen MR) is 65.9 cm³/mol. The molecular weight excluding hydrogens is 175 g/mol. The zero-order valence-corrected chi connectivity index (χ0v) is 10.0. The summed E-state index contributed by atoms with van der Waals surface area (Å²) in [6, 6.07) is 0. The highest BCUT2D eigenvalue weighted by atomic mass is 31.0. The lowest BCUT2D eigenvalue weighted by atomic mass is 10.1. The van der Waals surface area contributed by atoms with Gasteiger partial charge in [-0.25, -0.2) is 0 Å². The molecule has 0 rings (SSSR count). The van der Waals surface area contributed by atoms with Crippen molar-refractivity contribution in [2.75, 3.05) is 0 Å². The summed E-state index contributed by atoms with van der Waals surface area (Å²) in [6.45, 7) is 8.40. The molecule has 0 N–H and O–H groups in total. The summed E-state index contributed by atoms with van der Waals surface area (Å²) < 4.78 is 0. The van der Waals surface area contributed by atoms with E-state index in [0.29, 0.717) is 0 Å². The summed E-state index contributed by atoms with van der Waals surface area (Å²) in [5.41, 5.74) is 2.55. The Labute approximate surface area is 84.3 Å². The van der Waals surface area contributed by atoms with E-state index in [9.17, 15) is 0 Å². The molecule has 0 aliphatic carbocycles. The van der Waals surface area contributed by atoms with Gasteiger partial charge in [0.25, 0.3) is 0 Å². The molecule has 0 aromatic heterocycles. The molecule has 0 nitrogen and oxygen atoms in total. The van der Waals surface area contributed by atoms with Gasteiger partial charge in [0.05, 0.1) is 0 Å². The largest absolute Gasteiger partial charge is 0.119 e. The van der Waals surface area contributed by atoms with Crippen LogP contribution < -0.4 is 0 Å². The molecule has 0 aromatic rings. The van der Waals surface area contributed by atoms with Crippen molar-refractivity contribution in [1.29, 1.82) is 0 Å². The number of rotatable bonds is 4. The Balaban J connectivity index is 4.36. The fourth-order valence-electron chi connectivity index (χ4n) is 0.854. The molecule has 0 fully saturated rings. The van der Waals surface area contributed by atoms with Crippen LogP contribution in [0.3, 0.4) is 0 Å². The lowest BCUT2D eigenvalue weighted by molar-refractivity contribution is 1.22. The molecule has 72 valence electrons. The normalized spacial score (nSPS) is 13.8. The second-order valence-corrected chi connectivity index (χ2v) is 3.95. The molecule has 0 saturated carbocycles. The molecule has 0 heterocycles. The Morgan fingerprint density at radius 1 is 1.23 bits per heavy atom. The molecule has 13 heavy (non-hydrogen) atoms. The van der Waals surface area contributed by atoms with Crippen LogP contribution in [-0.4, -0.2) is 5.29 Å². The third-order valence-corrected chi connectivity index (χ3v) is 2.16. The van der Waals surface area contributed by atoms with E-state index >= 15 is 0 Å². The molecule has 0 atom stereocenters. The number of hydrogen-bond acceptors (Lipinski definition) is 0. The van der Waals surface area contributed by atoms with Crippen molar-refractivity contribution in [2.45, 2.75) is 34.1 Å². The van der Waals surface area contributed by atoms with Crippen LogP contribution in [0.4, 0.5) is 0 Å². The van der Waals surface area contributed by atoms with Crippen molar-refractivity contribution < 1.29 is 0 Å². The fourth-order valence-corrected chi connectivity index (χ4v) is 0.926. The summed E-state index contributed by atoms with van der Waals surface area (Å²) in [6.07, 6.45) is 9.64. The Kier molecular flexibility index (Phi) is 6.54. The van der Waals surface area contributed by atoms with Crippen LogP contribution in [0.2, 0.25) is 0 Å². The van der Waals surface area contributed by atoms with Gasteiger partial charge in [-0.15, -0.1) is 8.86 Å². The maximum atomic E-state index is 3.50. The van der Waals surface area contributed by atoms with E-state index in [1.165, 1.54) is 16.4 Å².